The monoisotopic (exact) mass is 600 g/mol. The molecule has 1 aromatic carbocycles. The van der Waals surface area contributed by atoms with Crippen molar-refractivity contribution in [1.82, 2.24) is 45.1 Å². The van der Waals surface area contributed by atoms with E-state index in [0.29, 0.717) is 40.3 Å². The van der Waals surface area contributed by atoms with E-state index in [1.165, 1.54) is 17.0 Å². The molecule has 13 nitrogen and oxygen atoms in total. The Labute approximate surface area is 252 Å². The molecule has 5 aromatic rings. The summed E-state index contributed by atoms with van der Waals surface area (Å²) in [4.78, 5) is 39.9. The van der Waals surface area contributed by atoms with Gasteiger partial charge in [-0.25, -0.2) is 19.2 Å². The molecule has 3 N–H and O–H groups in total. The summed E-state index contributed by atoms with van der Waals surface area (Å²) in [5.74, 6) is -0.255. The Morgan fingerprint density at radius 2 is 2.02 bits per heavy atom. The third-order valence-electron chi connectivity index (χ3n) is 7.75. The van der Waals surface area contributed by atoms with Gasteiger partial charge < -0.3 is 20.1 Å². The first-order chi connectivity index (χ1) is 21.1. The summed E-state index contributed by atoms with van der Waals surface area (Å²) in [6.07, 6.45) is 8.01. The van der Waals surface area contributed by atoms with Gasteiger partial charge in [0.25, 0.3) is 0 Å². The number of amides is 2. The lowest BCUT2D eigenvalue weighted by Crippen LogP contribution is -2.50. The van der Waals surface area contributed by atoms with Crippen molar-refractivity contribution in [1.29, 1.82) is 0 Å². The first-order valence-electron chi connectivity index (χ1n) is 14.4. The van der Waals surface area contributed by atoms with Gasteiger partial charge in [0, 0.05) is 54.7 Å². The number of carbonyl (C=O) groups is 2. The summed E-state index contributed by atoms with van der Waals surface area (Å²) in [7, 11) is 0. The molecule has 1 fully saturated rings. The number of imidazole rings is 1. The molecule has 1 saturated heterocycles. The highest BCUT2D eigenvalue weighted by molar-refractivity contribution is 6.00. The van der Waals surface area contributed by atoms with Gasteiger partial charge in [-0.05, 0) is 43.0 Å². The second kappa shape index (κ2) is 11.5. The molecule has 5 heterocycles. The van der Waals surface area contributed by atoms with Crippen molar-refractivity contribution in [3.05, 3.63) is 72.3 Å². The smallest absolute Gasteiger partial charge is 0.329 e. The maximum atomic E-state index is 15.3. The zero-order chi connectivity index (χ0) is 31.0. The number of nitrogens with one attached hydrogen (secondary N) is 3. The third-order valence-corrected chi connectivity index (χ3v) is 7.75. The molecule has 0 unspecified atom stereocenters. The number of hydrogen-bond donors (Lipinski definition) is 3. The number of pyridine rings is 1. The number of H-pyrrole nitrogens is 1. The molecule has 6 rings (SSSR count). The van der Waals surface area contributed by atoms with Gasteiger partial charge >= 0.3 is 17.8 Å². The molecule has 0 spiro atoms. The van der Waals surface area contributed by atoms with E-state index in [0.717, 1.165) is 18.4 Å². The van der Waals surface area contributed by atoms with Crippen molar-refractivity contribution in [3.8, 4) is 11.1 Å². The van der Waals surface area contributed by atoms with Crippen molar-refractivity contribution in [2.24, 2.45) is 0 Å². The number of halogens is 1. The summed E-state index contributed by atoms with van der Waals surface area (Å²) in [5.41, 5.74) is 1.83. The highest BCUT2D eigenvalue weighted by atomic mass is 19.1. The second-order valence-corrected chi connectivity index (χ2v) is 12.0. The zero-order valence-corrected chi connectivity index (χ0v) is 24.8. The lowest BCUT2D eigenvalue weighted by Gasteiger charge is -2.38. The minimum atomic E-state index is -0.580. The summed E-state index contributed by atoms with van der Waals surface area (Å²) < 4.78 is 21.9. The van der Waals surface area contributed by atoms with Crippen LogP contribution in [0.5, 0.6) is 0 Å². The molecule has 2 atom stereocenters. The number of hydrogen-bond acceptors (Lipinski definition) is 9. The quantitative estimate of drug-likeness (QED) is 0.255. The highest BCUT2D eigenvalue weighted by Gasteiger charge is 2.31. The van der Waals surface area contributed by atoms with Crippen LogP contribution in [0.25, 0.3) is 22.2 Å². The van der Waals surface area contributed by atoms with Crippen molar-refractivity contribution < 1.29 is 18.5 Å². The number of aromatic amines is 1. The molecule has 1 aliphatic heterocycles. The van der Waals surface area contributed by atoms with Gasteiger partial charge in [0.1, 0.15) is 12.1 Å². The molecule has 2 amide bonds. The van der Waals surface area contributed by atoms with Gasteiger partial charge in [0.15, 0.2) is 17.3 Å². The molecule has 0 radical (unpaired) electrons. The molecule has 228 valence electrons. The van der Waals surface area contributed by atoms with Gasteiger partial charge in [0.05, 0.1) is 5.39 Å². The largest absolute Gasteiger partial charge is 0.364 e. The number of piperidine rings is 1. The van der Waals surface area contributed by atoms with Crippen molar-refractivity contribution in [2.75, 3.05) is 11.9 Å². The van der Waals surface area contributed by atoms with Crippen molar-refractivity contribution >= 4 is 28.8 Å². The van der Waals surface area contributed by atoms with E-state index < -0.39 is 11.7 Å². The predicted octanol–water partition coefficient (Wildman–Crippen LogP) is 4.50. The zero-order valence-electron chi connectivity index (χ0n) is 24.8. The molecule has 0 saturated carbocycles. The van der Waals surface area contributed by atoms with Crippen LogP contribution in [0.4, 0.5) is 15.0 Å². The van der Waals surface area contributed by atoms with E-state index in [-0.39, 0.29) is 36.0 Å². The molecule has 14 heteroatoms. The third kappa shape index (κ3) is 5.74. The SMILES string of the molecule is C[C@H]1CC[C@@H](Nc2n[nH]c3nccc(-c4ccc(CNC(=O)c5nc(C(C)(C)C)no5)c(F)c4)c23)CN1C(=O)n1ccnc1. The van der Waals surface area contributed by atoms with E-state index in [1.807, 2.05) is 32.6 Å². The van der Waals surface area contributed by atoms with Crippen LogP contribution in [0.3, 0.4) is 0 Å². The number of aromatic nitrogens is 7. The maximum absolute atomic E-state index is 15.3. The molecular weight excluding hydrogens is 567 g/mol. The molecule has 4 aromatic heterocycles. The standard InChI is InChI=1S/C30H33FN10O3/c1-17-5-8-20(15-41(17)29(43)40-12-11-32-16-40)35-25-23-21(9-10-33-24(23)37-38-25)18-6-7-19(22(31)13-18)14-34-26(42)27-36-28(39-44-27)30(2,3)4/h6-7,9-13,16-17,20H,5,8,14-15H2,1-4H3,(H,34,42)(H2,33,35,37,38)/t17-,20+/m0/s1. The normalized spacial score (nSPS) is 17.2. The van der Waals surface area contributed by atoms with Crippen LogP contribution in [-0.4, -0.2) is 70.3 Å². The average molecular weight is 601 g/mol. The fraction of sp³-hybridized carbons (Fsp3) is 0.367. The Hall–Kier alpha value is -5.14. The summed E-state index contributed by atoms with van der Waals surface area (Å²) in [5, 5.41) is 18.1. The summed E-state index contributed by atoms with van der Waals surface area (Å²) in [6.45, 7) is 8.19. The number of rotatable bonds is 6. The minimum absolute atomic E-state index is 0.0562. The number of benzene rings is 1. The Bertz CT molecular complexity index is 1810. The van der Waals surface area contributed by atoms with Crippen LogP contribution in [0.2, 0.25) is 0 Å². The van der Waals surface area contributed by atoms with Crippen LogP contribution in [-0.2, 0) is 12.0 Å². The predicted molar refractivity (Wildman–Crippen MR) is 159 cm³/mol. The molecular formula is C30H33FN10O3. The number of carbonyl (C=O) groups excluding carboxylic acids is 2. The summed E-state index contributed by atoms with van der Waals surface area (Å²) >= 11 is 0. The summed E-state index contributed by atoms with van der Waals surface area (Å²) in [6, 6.07) is 6.53. The van der Waals surface area contributed by atoms with Gasteiger partial charge in [-0.1, -0.05) is 38.1 Å². The number of likely N-dealkylation sites (tertiary alicyclic amines) is 1. The minimum Gasteiger partial charge on any atom is -0.364 e. The molecule has 0 bridgehead atoms. The average Bonchev–Trinajstić information content (AvgIpc) is 3.78. The van der Waals surface area contributed by atoms with Gasteiger partial charge in [-0.15, -0.1) is 0 Å². The number of fused-ring (bicyclic) bond motifs is 1. The van der Waals surface area contributed by atoms with Crippen LogP contribution < -0.4 is 10.6 Å². The fourth-order valence-corrected chi connectivity index (χ4v) is 5.23. The van der Waals surface area contributed by atoms with E-state index >= 15 is 4.39 Å². The first kappa shape index (κ1) is 29.0. The van der Waals surface area contributed by atoms with Crippen molar-refractivity contribution in [2.45, 2.75) is 64.6 Å². The number of nitrogens with zero attached hydrogens (tertiary/aromatic N) is 7. The Morgan fingerprint density at radius 1 is 1.18 bits per heavy atom. The molecule has 1 aliphatic rings. The Morgan fingerprint density at radius 3 is 2.75 bits per heavy atom. The van der Waals surface area contributed by atoms with Crippen LogP contribution in [0.1, 0.15) is 62.6 Å². The Balaban J connectivity index is 1.18. The Kier molecular flexibility index (Phi) is 7.57. The van der Waals surface area contributed by atoms with Crippen LogP contribution in [0.15, 0.2) is 53.7 Å². The van der Waals surface area contributed by atoms with E-state index in [1.54, 1.807) is 36.8 Å². The van der Waals surface area contributed by atoms with E-state index in [9.17, 15) is 9.59 Å². The number of anilines is 1. The van der Waals surface area contributed by atoms with Gasteiger partial charge in [-0.2, -0.15) is 10.1 Å². The van der Waals surface area contributed by atoms with Gasteiger partial charge in [0.2, 0.25) is 0 Å². The molecule has 0 aliphatic carbocycles. The maximum Gasteiger partial charge on any atom is 0.329 e. The van der Waals surface area contributed by atoms with Crippen molar-refractivity contribution in [3.63, 3.8) is 0 Å². The topological polar surface area (TPSA) is 160 Å². The van der Waals surface area contributed by atoms with Gasteiger partial charge in [-0.3, -0.25) is 14.5 Å². The lowest BCUT2D eigenvalue weighted by molar-refractivity contribution is 0.0906. The first-order valence-corrected chi connectivity index (χ1v) is 14.4. The second-order valence-electron chi connectivity index (χ2n) is 12.0. The van der Waals surface area contributed by atoms with Crippen LogP contribution >= 0.6 is 0 Å². The van der Waals surface area contributed by atoms with E-state index in [4.69, 9.17) is 4.52 Å². The van der Waals surface area contributed by atoms with Crippen LogP contribution in [0, 0.1) is 5.82 Å². The lowest BCUT2D eigenvalue weighted by atomic mass is 9.96. The fourth-order valence-electron chi connectivity index (χ4n) is 5.23. The van der Waals surface area contributed by atoms with E-state index in [2.05, 4.69) is 40.9 Å². The highest BCUT2D eigenvalue weighted by Crippen LogP contribution is 2.33. The molecule has 44 heavy (non-hydrogen) atoms.